The Balaban J connectivity index is 1.31. The fourth-order valence-corrected chi connectivity index (χ4v) is 6.65. The van der Waals surface area contributed by atoms with Gasteiger partial charge in [0.25, 0.3) is 5.91 Å². The molecule has 1 N–H and O–H groups in total. The number of rotatable bonds is 7. The number of carbonyl (C=O) groups excluding carboxylic acids is 1. The molecule has 1 saturated heterocycles. The molecule has 4 fully saturated rings. The van der Waals surface area contributed by atoms with Gasteiger partial charge in [-0.2, -0.15) is 0 Å². The van der Waals surface area contributed by atoms with Gasteiger partial charge in [-0.05, 0) is 55.8 Å². The Morgan fingerprint density at radius 2 is 2.06 bits per heavy atom. The molecule has 6 atom stereocenters. The molecule has 0 radical (unpaired) electrons. The lowest BCUT2D eigenvalue weighted by Gasteiger charge is -2.64. The highest BCUT2D eigenvalue weighted by Crippen LogP contribution is 2.65. The molecule has 3 saturated carbocycles. The Bertz CT molecular complexity index is 973. The quantitative estimate of drug-likeness (QED) is 0.615. The van der Waals surface area contributed by atoms with Gasteiger partial charge in [0, 0.05) is 18.8 Å². The Kier molecular flexibility index (Phi) is 5.79. The molecule has 0 aromatic carbocycles. The first-order valence-electron chi connectivity index (χ1n) is 12.7. The molecule has 8 nitrogen and oxygen atoms in total. The van der Waals surface area contributed by atoms with Crippen molar-refractivity contribution in [3.8, 4) is 0 Å². The first kappa shape index (κ1) is 23.7. The summed E-state index contributed by atoms with van der Waals surface area (Å²) in [6, 6.07) is 0. The second-order valence-electron chi connectivity index (χ2n) is 11.8. The molecule has 34 heavy (non-hydrogen) atoms. The van der Waals surface area contributed by atoms with Crippen LogP contribution < -0.4 is 5.32 Å². The highest BCUT2D eigenvalue weighted by molar-refractivity contribution is 6.48. The first-order chi connectivity index (χ1) is 16.1. The van der Waals surface area contributed by atoms with E-state index < -0.39 is 12.7 Å². The van der Waals surface area contributed by atoms with Gasteiger partial charge < -0.3 is 19.5 Å². The zero-order valence-electron chi connectivity index (χ0n) is 21.2. The third-order valence-electron chi connectivity index (χ3n) is 8.97. The molecular formula is C25H37BN4O4. The Labute approximate surface area is 202 Å². The molecular weight excluding hydrogens is 431 g/mol. The predicted molar refractivity (Wildman–Crippen MR) is 129 cm³/mol. The minimum Gasteiger partial charge on any atom is -0.404 e. The second-order valence-corrected chi connectivity index (χ2v) is 11.8. The van der Waals surface area contributed by atoms with Gasteiger partial charge in [-0.15, -0.1) is 0 Å². The zero-order valence-corrected chi connectivity index (χ0v) is 21.2. The van der Waals surface area contributed by atoms with Gasteiger partial charge in [-0.25, -0.2) is 0 Å². The summed E-state index contributed by atoms with van der Waals surface area (Å²) < 4.78 is 13.2. The van der Waals surface area contributed by atoms with Crippen molar-refractivity contribution < 1.29 is 18.9 Å². The van der Waals surface area contributed by atoms with Crippen molar-refractivity contribution in [3.63, 3.8) is 0 Å². The summed E-state index contributed by atoms with van der Waals surface area (Å²) in [6.45, 7) is 13.2. The second kappa shape index (κ2) is 8.30. The van der Waals surface area contributed by atoms with E-state index in [9.17, 15) is 4.79 Å². The average molecular weight is 468 g/mol. The molecule has 0 spiro atoms. The number of nitrogens with one attached hydrogen (secondary N) is 1. The molecule has 9 heteroatoms. The maximum absolute atomic E-state index is 13.6. The third-order valence-corrected chi connectivity index (χ3v) is 8.97. The topological polar surface area (TPSA) is 94.9 Å². The van der Waals surface area contributed by atoms with Crippen LogP contribution >= 0.6 is 0 Å². The molecule has 6 rings (SSSR count). The predicted octanol–water partition coefficient (Wildman–Crippen LogP) is 3.55. The lowest BCUT2D eigenvalue weighted by atomic mass is 9.43. The van der Waals surface area contributed by atoms with Crippen molar-refractivity contribution in [2.24, 2.45) is 28.3 Å². The van der Waals surface area contributed by atoms with Gasteiger partial charge >= 0.3 is 7.12 Å². The van der Waals surface area contributed by atoms with E-state index in [1.54, 1.807) is 18.6 Å². The fraction of sp³-hybridized carbons (Fsp3) is 0.760. The summed E-state index contributed by atoms with van der Waals surface area (Å²) in [6.07, 6.45) is 8.78. The molecule has 2 bridgehead atoms. The largest absolute Gasteiger partial charge is 0.481 e. The Morgan fingerprint density at radius 3 is 2.71 bits per heavy atom. The number of carbonyl (C=O) groups is 1. The fourth-order valence-electron chi connectivity index (χ4n) is 6.65. The molecule has 5 aliphatic rings. The van der Waals surface area contributed by atoms with Gasteiger partial charge in [0.1, 0.15) is 11.4 Å². The third kappa shape index (κ3) is 3.66. The minimum absolute atomic E-state index is 0.0790. The van der Waals surface area contributed by atoms with Crippen LogP contribution in [-0.4, -0.2) is 52.0 Å². The minimum atomic E-state index is -1.07. The van der Waals surface area contributed by atoms with E-state index >= 15 is 0 Å². The van der Waals surface area contributed by atoms with E-state index in [1.165, 1.54) is 6.42 Å². The van der Waals surface area contributed by atoms with E-state index in [2.05, 4.69) is 55.1 Å². The van der Waals surface area contributed by atoms with Crippen molar-refractivity contribution in [3.05, 3.63) is 24.3 Å². The lowest BCUT2D eigenvalue weighted by molar-refractivity contribution is -0.199. The van der Waals surface area contributed by atoms with Crippen LogP contribution in [0.2, 0.25) is 0 Å². The summed E-state index contributed by atoms with van der Waals surface area (Å²) >= 11 is 0. The van der Waals surface area contributed by atoms with E-state index in [0.717, 1.165) is 12.8 Å². The Hall–Kier alpha value is -2.00. The normalized spacial score (nSPS) is 36.4. The van der Waals surface area contributed by atoms with Crippen LogP contribution in [0.3, 0.4) is 0 Å². The lowest BCUT2D eigenvalue weighted by Crippen LogP contribution is -2.65. The molecule has 1 amide bonds. The van der Waals surface area contributed by atoms with E-state index in [-0.39, 0.29) is 29.0 Å². The maximum atomic E-state index is 13.6. The van der Waals surface area contributed by atoms with Crippen LogP contribution in [0.5, 0.6) is 0 Å². The van der Waals surface area contributed by atoms with Gasteiger partial charge in [0.2, 0.25) is 5.60 Å². The number of hydrogen-bond donors (Lipinski definition) is 1. The SMILES string of the molecule is CCC1(C(=O)N[C@@H](CC(C)C)B2O[C@@H]3C[C@@H]4C[C@@H](C4(C)C)[C@]3(C)O2)CC(c2cnccn2)=NO1. The number of nitrogens with zero attached hydrogens (tertiary/aromatic N) is 3. The smallest absolute Gasteiger partial charge is 0.404 e. The van der Waals surface area contributed by atoms with Crippen LogP contribution in [0, 0.1) is 23.2 Å². The number of hydrogen-bond acceptors (Lipinski definition) is 7. The Morgan fingerprint density at radius 1 is 1.26 bits per heavy atom. The molecule has 2 aliphatic heterocycles. The van der Waals surface area contributed by atoms with Crippen LogP contribution in [0.1, 0.15) is 79.3 Å². The van der Waals surface area contributed by atoms with Gasteiger partial charge in [0.15, 0.2) is 0 Å². The highest BCUT2D eigenvalue weighted by atomic mass is 16.7. The van der Waals surface area contributed by atoms with Crippen molar-refractivity contribution in [2.45, 2.75) is 96.9 Å². The van der Waals surface area contributed by atoms with E-state index in [0.29, 0.717) is 42.0 Å². The number of aromatic nitrogens is 2. The van der Waals surface area contributed by atoms with Gasteiger partial charge in [-0.3, -0.25) is 14.8 Å². The summed E-state index contributed by atoms with van der Waals surface area (Å²) in [5, 5.41) is 7.46. The summed E-state index contributed by atoms with van der Waals surface area (Å²) in [4.78, 5) is 27.8. The molecule has 184 valence electrons. The standard InChI is InChI=1S/C25H37BN4O4/c1-7-25(13-17(30-34-25)18-14-27-8-9-28-18)22(31)29-21(10-15(2)3)26-32-20-12-16-11-19(23(16,4)5)24(20,6)33-26/h8-9,14-16,19-21H,7,10-13H2,1-6H3,(H,29,31)/t16-,19-,20+,21-,24-,25?/m0/s1. The number of amides is 1. The summed E-state index contributed by atoms with van der Waals surface area (Å²) in [7, 11) is -0.466. The first-order valence-corrected chi connectivity index (χ1v) is 12.7. The van der Waals surface area contributed by atoms with Crippen molar-refractivity contribution in [1.29, 1.82) is 0 Å². The zero-order chi connectivity index (χ0) is 24.3. The van der Waals surface area contributed by atoms with Crippen molar-refractivity contribution in [1.82, 2.24) is 15.3 Å². The maximum Gasteiger partial charge on any atom is 0.481 e. The van der Waals surface area contributed by atoms with Crippen LogP contribution in [0.4, 0.5) is 0 Å². The number of oxime groups is 1. The van der Waals surface area contributed by atoms with Gasteiger partial charge in [-0.1, -0.05) is 39.8 Å². The molecule has 1 aromatic rings. The molecule has 1 aromatic heterocycles. The monoisotopic (exact) mass is 468 g/mol. The summed E-state index contributed by atoms with van der Waals surface area (Å²) in [5.41, 5.74) is 0.168. The average Bonchev–Trinajstić information content (AvgIpc) is 3.40. The molecule has 1 unspecified atom stereocenters. The van der Waals surface area contributed by atoms with Crippen LogP contribution in [0.15, 0.2) is 23.7 Å². The highest BCUT2D eigenvalue weighted by Gasteiger charge is 2.68. The summed E-state index contributed by atoms with van der Waals surface area (Å²) in [5.74, 6) is 1.09. The van der Waals surface area contributed by atoms with E-state index in [1.807, 2.05) is 6.92 Å². The van der Waals surface area contributed by atoms with Crippen molar-refractivity contribution in [2.75, 3.05) is 0 Å². The van der Waals surface area contributed by atoms with Crippen LogP contribution in [-0.2, 0) is 18.9 Å². The van der Waals surface area contributed by atoms with Crippen LogP contribution in [0.25, 0.3) is 0 Å². The molecule has 3 heterocycles. The molecule has 3 aliphatic carbocycles. The van der Waals surface area contributed by atoms with E-state index in [4.69, 9.17) is 14.1 Å². The van der Waals surface area contributed by atoms with Crippen molar-refractivity contribution >= 4 is 18.7 Å². The van der Waals surface area contributed by atoms with Gasteiger partial charge in [0.05, 0.1) is 23.8 Å².